The van der Waals surface area contributed by atoms with Gasteiger partial charge in [-0.3, -0.25) is 24.2 Å². The largest absolute Gasteiger partial charge is 0.350 e. The van der Waals surface area contributed by atoms with Crippen molar-refractivity contribution in [1.29, 1.82) is 0 Å². The lowest BCUT2D eigenvalue weighted by Crippen LogP contribution is -2.54. The lowest BCUT2D eigenvalue weighted by atomic mass is 10.1. The number of nitrogens with zero attached hydrogens (tertiary/aromatic N) is 3. The summed E-state index contributed by atoms with van der Waals surface area (Å²) in [5, 5.41) is 5.89. The van der Waals surface area contributed by atoms with Gasteiger partial charge in [-0.15, -0.1) is 0 Å². The van der Waals surface area contributed by atoms with Gasteiger partial charge in [-0.25, -0.2) is 0 Å². The number of nitrogens with one attached hydrogen (secondary N) is 2. The molecule has 0 aliphatic carbocycles. The third kappa shape index (κ3) is 8.30. The predicted octanol–water partition coefficient (Wildman–Crippen LogP) is 1.23. The molecule has 1 aliphatic heterocycles. The van der Waals surface area contributed by atoms with Crippen LogP contribution in [-0.2, 0) is 14.4 Å². The van der Waals surface area contributed by atoms with E-state index in [0.717, 1.165) is 16.8 Å². The second-order valence-corrected chi connectivity index (χ2v) is 9.42. The first-order chi connectivity index (χ1) is 14.4. The van der Waals surface area contributed by atoms with Gasteiger partial charge in [0.15, 0.2) is 0 Å². The molecule has 8 nitrogen and oxygen atoms in total. The summed E-state index contributed by atoms with van der Waals surface area (Å²) in [5.41, 5.74) is 2.72. The van der Waals surface area contributed by atoms with Crippen molar-refractivity contribution in [2.24, 2.45) is 0 Å². The van der Waals surface area contributed by atoms with Gasteiger partial charge in [-0.2, -0.15) is 0 Å². The van der Waals surface area contributed by atoms with Crippen LogP contribution in [0.4, 0.5) is 5.69 Å². The highest BCUT2D eigenvalue weighted by molar-refractivity contribution is 5.93. The number of carbonyl (C=O) groups excluding carboxylic acids is 3. The molecule has 8 heteroatoms. The van der Waals surface area contributed by atoms with Gasteiger partial charge in [0.05, 0.1) is 19.6 Å². The van der Waals surface area contributed by atoms with Crippen molar-refractivity contribution >= 4 is 23.4 Å². The lowest BCUT2D eigenvalue weighted by molar-refractivity contribution is -0.134. The SMILES string of the molecule is Cc1cccc(NC(=O)CN(C)CC(=O)N2CCN(CC(=O)NC(C)(C)C)CC2)c1C. The van der Waals surface area contributed by atoms with Crippen LogP contribution in [0.3, 0.4) is 0 Å². The normalized spacial score (nSPS) is 15.1. The Morgan fingerprint density at radius 1 is 1.00 bits per heavy atom. The zero-order chi connectivity index (χ0) is 23.2. The van der Waals surface area contributed by atoms with E-state index in [0.29, 0.717) is 32.7 Å². The summed E-state index contributed by atoms with van der Waals surface area (Å²) in [6.45, 7) is 13.0. The lowest BCUT2D eigenvalue weighted by Gasteiger charge is -2.35. The molecule has 0 atom stereocenters. The number of piperazine rings is 1. The van der Waals surface area contributed by atoms with Gasteiger partial charge >= 0.3 is 0 Å². The molecule has 0 spiro atoms. The van der Waals surface area contributed by atoms with E-state index >= 15 is 0 Å². The average Bonchev–Trinajstić information content (AvgIpc) is 2.64. The van der Waals surface area contributed by atoms with E-state index in [1.54, 1.807) is 16.8 Å². The summed E-state index contributed by atoms with van der Waals surface area (Å²) < 4.78 is 0. The molecule has 2 rings (SSSR count). The van der Waals surface area contributed by atoms with Crippen molar-refractivity contribution in [2.45, 2.75) is 40.2 Å². The minimum absolute atomic E-state index is 0.000768. The van der Waals surface area contributed by atoms with Crippen LogP contribution in [0.2, 0.25) is 0 Å². The Balaban J connectivity index is 1.74. The Bertz CT molecular complexity index is 795. The second kappa shape index (κ2) is 10.7. The number of benzene rings is 1. The third-order valence-corrected chi connectivity index (χ3v) is 5.30. The van der Waals surface area contributed by atoms with Crippen LogP contribution in [-0.4, -0.2) is 90.8 Å². The van der Waals surface area contributed by atoms with Gasteiger partial charge < -0.3 is 15.5 Å². The summed E-state index contributed by atoms with van der Waals surface area (Å²) in [5.74, 6) is -0.138. The number of hydrogen-bond donors (Lipinski definition) is 2. The van der Waals surface area contributed by atoms with Crippen LogP contribution >= 0.6 is 0 Å². The van der Waals surface area contributed by atoms with Crippen molar-refractivity contribution in [1.82, 2.24) is 20.0 Å². The summed E-state index contributed by atoms with van der Waals surface area (Å²) in [6, 6.07) is 5.80. The summed E-state index contributed by atoms with van der Waals surface area (Å²) in [4.78, 5) is 42.7. The molecule has 1 aliphatic rings. The van der Waals surface area contributed by atoms with Crippen LogP contribution in [0.25, 0.3) is 0 Å². The highest BCUT2D eigenvalue weighted by Gasteiger charge is 2.24. The van der Waals surface area contributed by atoms with Crippen molar-refractivity contribution in [2.75, 3.05) is 58.2 Å². The second-order valence-electron chi connectivity index (χ2n) is 9.42. The molecular weight excluding hydrogens is 394 g/mol. The number of anilines is 1. The molecule has 3 amide bonds. The maximum Gasteiger partial charge on any atom is 0.238 e. The molecule has 31 heavy (non-hydrogen) atoms. The van der Waals surface area contributed by atoms with Crippen LogP contribution in [0.5, 0.6) is 0 Å². The maximum absolute atomic E-state index is 12.6. The van der Waals surface area contributed by atoms with Gasteiger partial charge in [0.2, 0.25) is 17.7 Å². The molecule has 0 aromatic heterocycles. The van der Waals surface area contributed by atoms with Crippen molar-refractivity contribution in [3.05, 3.63) is 29.3 Å². The smallest absolute Gasteiger partial charge is 0.238 e. The minimum atomic E-state index is -0.246. The van der Waals surface area contributed by atoms with E-state index < -0.39 is 0 Å². The zero-order valence-electron chi connectivity index (χ0n) is 19.7. The number of aryl methyl sites for hydroxylation is 1. The number of rotatable bonds is 7. The standard InChI is InChI=1S/C23H37N5O3/c1-17-8-7-9-19(18(17)2)24-20(29)14-26(6)16-22(31)28-12-10-27(11-13-28)15-21(30)25-23(3,4)5/h7-9H,10-16H2,1-6H3,(H,24,29)(H,25,30). The van der Waals surface area contributed by atoms with Crippen LogP contribution in [0.15, 0.2) is 18.2 Å². The molecule has 1 saturated heterocycles. The van der Waals surface area contributed by atoms with Crippen LogP contribution in [0, 0.1) is 13.8 Å². The quantitative estimate of drug-likeness (QED) is 0.678. The van der Waals surface area contributed by atoms with Crippen LogP contribution in [0.1, 0.15) is 31.9 Å². The Hall–Kier alpha value is -2.45. The number of hydrogen-bond acceptors (Lipinski definition) is 5. The fraction of sp³-hybridized carbons (Fsp3) is 0.609. The fourth-order valence-corrected chi connectivity index (χ4v) is 3.52. The summed E-state index contributed by atoms with van der Waals surface area (Å²) >= 11 is 0. The maximum atomic E-state index is 12.6. The van der Waals surface area contributed by atoms with Gasteiger partial charge in [0, 0.05) is 37.4 Å². The molecule has 172 valence electrons. The molecule has 1 fully saturated rings. The first-order valence-corrected chi connectivity index (χ1v) is 10.8. The average molecular weight is 432 g/mol. The van der Waals surface area contributed by atoms with Gasteiger partial charge in [-0.1, -0.05) is 12.1 Å². The molecule has 2 N–H and O–H groups in total. The summed E-state index contributed by atoms with van der Waals surface area (Å²) in [6.07, 6.45) is 0. The topological polar surface area (TPSA) is 85.0 Å². The Morgan fingerprint density at radius 3 is 2.26 bits per heavy atom. The fourth-order valence-electron chi connectivity index (χ4n) is 3.52. The van der Waals surface area contributed by atoms with E-state index in [1.165, 1.54) is 0 Å². The summed E-state index contributed by atoms with van der Waals surface area (Å²) in [7, 11) is 1.77. The number of amides is 3. The monoisotopic (exact) mass is 431 g/mol. The minimum Gasteiger partial charge on any atom is -0.350 e. The van der Waals surface area contributed by atoms with Gasteiger partial charge in [0.25, 0.3) is 0 Å². The number of carbonyl (C=O) groups is 3. The zero-order valence-corrected chi connectivity index (χ0v) is 19.7. The molecule has 0 saturated carbocycles. The van der Waals surface area contributed by atoms with Crippen molar-refractivity contribution in [3.8, 4) is 0 Å². The highest BCUT2D eigenvalue weighted by atomic mass is 16.2. The first kappa shape index (κ1) is 24.8. The van der Waals surface area contributed by atoms with E-state index in [9.17, 15) is 14.4 Å². The molecule has 1 aromatic carbocycles. The van der Waals surface area contributed by atoms with Gasteiger partial charge in [-0.05, 0) is 58.9 Å². The van der Waals surface area contributed by atoms with Crippen LogP contribution < -0.4 is 10.6 Å². The molecule has 0 radical (unpaired) electrons. The van der Waals surface area contributed by atoms with E-state index in [4.69, 9.17) is 0 Å². The molecule has 1 aromatic rings. The molecule has 0 bridgehead atoms. The first-order valence-electron chi connectivity index (χ1n) is 10.8. The van der Waals surface area contributed by atoms with E-state index in [1.807, 2.05) is 52.8 Å². The number of likely N-dealkylation sites (N-methyl/N-ethyl adjacent to an activating group) is 1. The molecule has 1 heterocycles. The van der Waals surface area contributed by atoms with Crippen molar-refractivity contribution in [3.63, 3.8) is 0 Å². The molecular formula is C23H37N5O3. The van der Waals surface area contributed by atoms with Crippen molar-refractivity contribution < 1.29 is 14.4 Å². The Labute approximate surface area is 185 Å². The third-order valence-electron chi connectivity index (χ3n) is 5.30. The highest BCUT2D eigenvalue weighted by Crippen LogP contribution is 2.17. The van der Waals surface area contributed by atoms with Gasteiger partial charge in [0.1, 0.15) is 0 Å². The molecule has 0 unspecified atom stereocenters. The van der Waals surface area contributed by atoms with E-state index in [2.05, 4.69) is 15.5 Å². The van der Waals surface area contributed by atoms with E-state index in [-0.39, 0.29) is 36.3 Å². The Kier molecular flexibility index (Phi) is 8.59. The predicted molar refractivity (Wildman–Crippen MR) is 123 cm³/mol. The Morgan fingerprint density at radius 2 is 1.65 bits per heavy atom.